The van der Waals surface area contributed by atoms with Crippen LogP contribution in [0.2, 0.25) is 0 Å². The molecule has 652 valence electrons. The molecule has 6 fully saturated rings. The lowest BCUT2D eigenvalue weighted by atomic mass is 10.1. The SMILES string of the molecule is CC.CC(=O)c1ccc([N+](=O)[O-])cc1.CCCCNC(=O)CCN1C(=O)C=CC1=O.CCCCNC(=O)CCN1C(=O)CC(SC(=O)[C@@H](CS)NN=C(C)[O-])C1=O.CCCCNC(=O)CCN1C(=O)CC(SC(C)N2C(=O)CCC2=O)C1=O.CCCCNC(=O)CCN1C(=O)CC(SC(C)N2C(=O)CCC2=O)C1=O.O=C1CCC(=O)N1O.[2H][3H].[3HH]. The molecule has 1 aromatic carbocycles. The molecule has 42 heteroatoms. The first-order valence-corrected chi connectivity index (χ1v) is 42.1. The van der Waals surface area contributed by atoms with Crippen molar-refractivity contribution in [3.8, 4) is 0 Å². The van der Waals surface area contributed by atoms with Crippen molar-refractivity contribution >= 4 is 177 Å². The topological polar surface area (TPSA) is 523 Å². The highest BCUT2D eigenvalue weighted by Crippen LogP contribution is 2.34. The summed E-state index contributed by atoms with van der Waals surface area (Å²) < 4.78 is 10.0. The van der Waals surface area contributed by atoms with E-state index in [0.717, 1.165) is 106 Å². The number of nitro benzene ring substituents is 1. The van der Waals surface area contributed by atoms with Crippen LogP contribution in [0.4, 0.5) is 5.69 Å². The molecule has 0 aromatic heterocycles. The molecule has 0 saturated carbocycles. The lowest BCUT2D eigenvalue weighted by Crippen LogP contribution is -2.38. The third kappa shape index (κ3) is 35.9. The molecule has 6 saturated heterocycles. The number of nitrogens with one attached hydrogen (secondary N) is 5. The Kier molecular flexibility index (Phi) is 47.6. The predicted molar refractivity (Wildman–Crippen MR) is 436 cm³/mol. The Bertz CT molecular complexity index is 3600. The van der Waals surface area contributed by atoms with Crippen LogP contribution < -0.4 is 31.8 Å². The molecule has 0 aliphatic carbocycles. The molecule has 1 aromatic rings. The molecule has 7 aliphatic heterocycles. The van der Waals surface area contributed by atoms with Crippen molar-refractivity contribution in [3.63, 3.8) is 0 Å². The molecule has 5 unspecified atom stereocenters. The number of amides is 18. The fraction of sp³-hybridized carbons (Fsp3) is 0.613. The molecular formula is C75H113N14O24S4-. The number of thioether (sulfide) groups is 3. The summed E-state index contributed by atoms with van der Waals surface area (Å²) in [6, 6.07) is 4.68. The Balaban J connectivity index is 0.00000145. The van der Waals surface area contributed by atoms with Crippen LogP contribution in [0.3, 0.4) is 0 Å². The van der Waals surface area contributed by atoms with Gasteiger partial charge in [-0.1, -0.05) is 79.0 Å². The number of non-ortho nitro benzene ring substituents is 1. The van der Waals surface area contributed by atoms with Crippen molar-refractivity contribution in [3.05, 3.63) is 52.1 Å². The van der Waals surface area contributed by atoms with Gasteiger partial charge in [-0.15, -0.1) is 23.5 Å². The van der Waals surface area contributed by atoms with Gasteiger partial charge < -0.3 is 26.4 Å². The number of imide groups is 7. The number of nitro groups is 1. The Morgan fingerprint density at radius 2 is 0.838 bits per heavy atom. The Morgan fingerprint density at radius 1 is 0.530 bits per heavy atom. The highest BCUT2D eigenvalue weighted by atomic mass is 32.2. The fourth-order valence-electron chi connectivity index (χ4n) is 11.0. The number of hydrogen-bond donors (Lipinski definition) is 7. The lowest BCUT2D eigenvalue weighted by molar-refractivity contribution is -0.384. The third-order valence-corrected chi connectivity index (χ3v) is 21.5. The number of ketones is 1. The molecule has 0 bridgehead atoms. The second-order valence-electron chi connectivity index (χ2n) is 26.4. The van der Waals surface area contributed by atoms with Crippen molar-refractivity contribution in [1.82, 2.24) is 61.2 Å². The summed E-state index contributed by atoms with van der Waals surface area (Å²) in [6.45, 7) is 20.8. The first-order chi connectivity index (χ1) is 56.5. The quantitative estimate of drug-likeness (QED) is 0.00575. The van der Waals surface area contributed by atoms with E-state index in [9.17, 15) is 111 Å². The Morgan fingerprint density at radius 3 is 1.12 bits per heavy atom. The first-order valence-electron chi connectivity index (χ1n) is 39.7. The van der Waals surface area contributed by atoms with Gasteiger partial charge in [-0.3, -0.25) is 146 Å². The van der Waals surface area contributed by atoms with Crippen molar-refractivity contribution < 1.29 is 116 Å². The summed E-state index contributed by atoms with van der Waals surface area (Å²) in [5.41, 5.74) is 2.90. The highest BCUT2D eigenvalue weighted by Gasteiger charge is 2.45. The second-order valence-corrected chi connectivity index (χ2v) is 31.0. The van der Waals surface area contributed by atoms with Gasteiger partial charge in [0.15, 0.2) is 5.78 Å². The summed E-state index contributed by atoms with van der Waals surface area (Å²) in [5.74, 6) is -6.12. The average Bonchev–Trinajstić information content (AvgIpc) is 1.68. The number of hydrogen-bond acceptors (Lipinski definition) is 30. The zero-order chi connectivity index (χ0) is 90.2. The standard InChI is InChI=1S/2C17H25N3O5S.C16H26N4O5S2.C11H16N2O3.C8H7NO3.C4H5NO3.C2H6.2H2/c2*1-3-4-8-18-13(21)7-9-19-16(24)10-12(17(19)25)26-11(2)20-14(22)5-6-15(20)23;1-3-4-6-17-13(22)5-7-20-14(23)8-12(15(20)24)27-16(25)11(9-26)19-18-10(2)21;1-2-3-7-12-9(14)6-8-13-10(15)4-5-11(13)16;1-6(10)7-2-4-8(5-3-7)9(11)12;6-3-1-2-4(7)5(3)8;1-2;;/h2*11-12H,3-10H2,1-2H3,(H,18,21);11-12,19,26H,3-9H2,1-2H3,(H,17,22)(H,18,21);4-5H,2-3,6-8H2,1H3,(H,12,14);2-5H,1H3;8H,1-2H2;1-2H3;2*1H/p-1/t;;11-,12?;;;;;;/m..1....../s1/i;;;;;;;1+2D;1+2. The largest absolute Gasteiger partial charge is 0.861 e. The normalized spacial score (nSPS) is 18.4. The molecule has 38 nitrogen and oxygen atoms in total. The number of benzene rings is 1. The van der Waals surface area contributed by atoms with Crippen LogP contribution in [0.5, 0.6) is 0 Å². The molecule has 0 spiro atoms. The molecular weight excluding hydrogens is 1610 g/mol. The maximum atomic E-state index is 12.5. The van der Waals surface area contributed by atoms with Crippen molar-refractivity contribution in [1.29, 1.82) is 0 Å². The summed E-state index contributed by atoms with van der Waals surface area (Å²) in [4.78, 5) is 249. The summed E-state index contributed by atoms with van der Waals surface area (Å²) in [5, 5.41) is 40.5. The number of likely N-dealkylation sites (tertiary alicyclic amines) is 5. The number of Topliss-reactive ketones (excluding diaryl/α,β-unsaturated/α-hetero) is 1. The molecule has 8 rings (SSSR count). The molecule has 0 radical (unpaired) electrons. The number of hydrazone groups is 1. The van der Waals surface area contributed by atoms with E-state index in [1.54, 1.807) is 13.8 Å². The number of unbranched alkanes of at least 4 members (excludes halogenated alkanes) is 4. The summed E-state index contributed by atoms with van der Waals surface area (Å²) in [7, 11) is 0. The third-order valence-electron chi connectivity index (χ3n) is 17.4. The van der Waals surface area contributed by atoms with Crippen LogP contribution in [-0.2, 0) is 91.1 Å². The van der Waals surface area contributed by atoms with E-state index >= 15 is 0 Å². The minimum atomic E-state index is -0.844. The van der Waals surface area contributed by atoms with Gasteiger partial charge in [-0.2, -0.15) is 17.7 Å². The number of carbonyl (C=O) groups is 20. The van der Waals surface area contributed by atoms with Gasteiger partial charge in [-0.25, -0.2) is 5.10 Å². The molecule has 18 amide bonds. The van der Waals surface area contributed by atoms with E-state index in [0.29, 0.717) is 31.7 Å². The minimum absolute atomic E-state index is 0. The smallest absolute Gasteiger partial charge is 0.269 e. The lowest BCUT2D eigenvalue weighted by Gasteiger charge is -2.24. The van der Waals surface area contributed by atoms with Gasteiger partial charge in [0.05, 0.1) is 26.2 Å². The van der Waals surface area contributed by atoms with Gasteiger partial charge in [0.25, 0.3) is 29.3 Å². The molecule has 7 aliphatic rings. The van der Waals surface area contributed by atoms with E-state index in [1.807, 2.05) is 41.5 Å². The molecule has 6 atom stereocenters. The molecule has 117 heavy (non-hydrogen) atoms. The molecule has 6 N–H and O–H groups in total. The average molecular weight is 1730 g/mol. The van der Waals surface area contributed by atoms with Gasteiger partial charge in [0.2, 0.25) is 87.8 Å². The zero-order valence-electron chi connectivity index (χ0n) is 69.7. The van der Waals surface area contributed by atoms with Gasteiger partial charge in [0, 0.05) is 176 Å². The number of carbonyl (C=O) groups excluding carboxylic acids is 20. The van der Waals surface area contributed by atoms with Crippen molar-refractivity contribution in [2.45, 2.75) is 237 Å². The number of thiol groups is 1. The van der Waals surface area contributed by atoms with Crippen LogP contribution in [0, 0.1) is 10.1 Å². The van der Waals surface area contributed by atoms with Gasteiger partial charge >= 0.3 is 0 Å². The summed E-state index contributed by atoms with van der Waals surface area (Å²) >= 11 is 7.05. The Labute approximate surface area is 701 Å². The fourth-order valence-corrected chi connectivity index (χ4v) is 15.0. The Hall–Kier alpha value is -9.81. The zero-order valence-corrected chi connectivity index (χ0v) is 71.0. The van der Waals surface area contributed by atoms with Crippen LogP contribution in [-0.4, -0.2) is 258 Å². The van der Waals surface area contributed by atoms with Crippen molar-refractivity contribution in [2.75, 3.05) is 58.1 Å². The van der Waals surface area contributed by atoms with Crippen LogP contribution >= 0.6 is 47.9 Å². The van der Waals surface area contributed by atoms with Crippen molar-refractivity contribution in [2.24, 2.45) is 5.10 Å². The van der Waals surface area contributed by atoms with Gasteiger partial charge in [-0.05, 0) is 71.4 Å². The van der Waals surface area contributed by atoms with E-state index < -0.39 is 72.1 Å². The molecule has 7 heterocycles. The van der Waals surface area contributed by atoms with E-state index in [-0.39, 0.29) is 216 Å². The number of nitrogens with zero attached hydrogens (tertiary/aromatic N) is 9. The number of hydroxylamine groups is 2. The predicted octanol–water partition coefficient (Wildman–Crippen LogP) is 3.62. The number of rotatable bonds is 37. The summed E-state index contributed by atoms with van der Waals surface area (Å²) in [6.07, 6.45) is 11.3. The monoisotopic (exact) mass is 1730 g/mol. The minimum Gasteiger partial charge on any atom is -0.861 e. The first kappa shape index (κ1) is 101. The van der Waals surface area contributed by atoms with Crippen LogP contribution in [0.15, 0.2) is 41.5 Å². The van der Waals surface area contributed by atoms with Gasteiger partial charge in [0.1, 0.15) is 11.3 Å². The van der Waals surface area contributed by atoms with Crippen LogP contribution in [0.25, 0.3) is 0 Å². The highest BCUT2D eigenvalue weighted by molar-refractivity contribution is 8.15. The second kappa shape index (κ2) is 55.0. The maximum Gasteiger partial charge on any atom is 0.269 e. The van der Waals surface area contributed by atoms with E-state index in [4.69, 9.17) is 8.18 Å². The van der Waals surface area contributed by atoms with Crippen LogP contribution in [0.1, 0.15) is 219 Å². The van der Waals surface area contributed by atoms with E-state index in [2.05, 4.69) is 44.4 Å². The maximum absolute atomic E-state index is 12.5. The van der Waals surface area contributed by atoms with E-state index in [1.165, 1.54) is 60.1 Å².